The Labute approximate surface area is 185 Å². The Hall–Kier alpha value is -2.83. The first kappa shape index (κ1) is 22.9. The Morgan fingerprint density at radius 3 is 1.94 bits per heavy atom. The molecule has 6 heteroatoms. The van der Waals surface area contributed by atoms with E-state index in [-0.39, 0.29) is 0 Å². The van der Waals surface area contributed by atoms with E-state index in [0.29, 0.717) is 24.6 Å². The molecule has 5 nitrogen and oxygen atoms in total. The molecule has 31 heavy (non-hydrogen) atoms. The van der Waals surface area contributed by atoms with Crippen LogP contribution in [0.4, 0.5) is 0 Å². The highest BCUT2D eigenvalue weighted by Gasteiger charge is 2.52. The van der Waals surface area contributed by atoms with Crippen LogP contribution >= 0.6 is 0 Å². The lowest BCUT2D eigenvalue weighted by atomic mass is 9.78. The second kappa shape index (κ2) is 9.99. The van der Waals surface area contributed by atoms with Crippen molar-refractivity contribution in [2.24, 2.45) is 4.99 Å². The van der Waals surface area contributed by atoms with Crippen LogP contribution in [-0.4, -0.2) is 24.7 Å². The first-order valence-electron chi connectivity index (χ1n) is 10.4. The van der Waals surface area contributed by atoms with Crippen LogP contribution in [0.2, 0.25) is 0 Å². The minimum absolute atomic E-state index is 0.350. The fourth-order valence-electron chi connectivity index (χ4n) is 2.97. The van der Waals surface area contributed by atoms with Gasteiger partial charge in [-0.1, -0.05) is 73.3 Å². The summed E-state index contributed by atoms with van der Waals surface area (Å²) in [5, 5.41) is 0. The molecule has 0 aliphatic carbocycles. The molecule has 3 rings (SSSR count). The molecule has 162 valence electrons. The molecule has 1 aliphatic rings. The number of hydrogen-bond donors (Lipinski definition) is 0. The molecule has 0 bridgehead atoms. The fourth-order valence-corrected chi connectivity index (χ4v) is 2.97. The number of rotatable bonds is 9. The highest BCUT2D eigenvalue weighted by atomic mass is 16.7. The molecule has 0 radical (unpaired) electrons. The standard InChI is InChI=1S/C25H30BNO4/c1-6-22(26-30-24(2,3)25(4,5)31-26)23(29-18-21-15-11-8-12-16-21)27-19-28-17-20-13-9-7-10-14-20/h6-16,19H,1,17-18H2,2-5H3/b23-22-,27-19?. The first-order valence-corrected chi connectivity index (χ1v) is 10.4. The van der Waals surface area contributed by atoms with Gasteiger partial charge in [-0.15, -0.1) is 0 Å². The van der Waals surface area contributed by atoms with Gasteiger partial charge in [0.25, 0.3) is 0 Å². The van der Waals surface area contributed by atoms with E-state index < -0.39 is 18.3 Å². The van der Waals surface area contributed by atoms with Gasteiger partial charge in [-0.3, -0.25) is 0 Å². The van der Waals surface area contributed by atoms with Gasteiger partial charge < -0.3 is 18.8 Å². The largest absolute Gasteiger partial charge is 0.500 e. The van der Waals surface area contributed by atoms with Crippen molar-refractivity contribution in [3.63, 3.8) is 0 Å². The van der Waals surface area contributed by atoms with Gasteiger partial charge in [0.15, 0.2) is 6.40 Å². The average Bonchev–Trinajstić information content (AvgIpc) is 2.97. The van der Waals surface area contributed by atoms with Crippen molar-refractivity contribution >= 4 is 13.5 Å². The summed E-state index contributed by atoms with van der Waals surface area (Å²) < 4.78 is 24.0. The van der Waals surface area contributed by atoms with Gasteiger partial charge in [0.1, 0.15) is 13.2 Å². The van der Waals surface area contributed by atoms with Gasteiger partial charge >= 0.3 is 7.12 Å². The van der Waals surface area contributed by atoms with E-state index in [0.717, 1.165) is 11.1 Å². The van der Waals surface area contributed by atoms with E-state index in [1.807, 2.05) is 88.4 Å². The topological polar surface area (TPSA) is 49.3 Å². The van der Waals surface area contributed by atoms with Gasteiger partial charge in [0.05, 0.1) is 11.2 Å². The summed E-state index contributed by atoms with van der Waals surface area (Å²) in [4.78, 5) is 4.44. The smallest absolute Gasteiger partial charge is 0.478 e. The predicted octanol–water partition coefficient (Wildman–Crippen LogP) is 5.48. The number of hydrogen-bond acceptors (Lipinski definition) is 5. The molecule has 0 amide bonds. The Bertz CT molecular complexity index is 907. The third-order valence-electron chi connectivity index (χ3n) is 5.53. The van der Waals surface area contributed by atoms with Crippen LogP contribution in [0, 0.1) is 0 Å². The van der Waals surface area contributed by atoms with Crippen LogP contribution in [0.1, 0.15) is 38.8 Å². The van der Waals surface area contributed by atoms with Crippen LogP contribution in [0.15, 0.2) is 89.7 Å². The Kier molecular flexibility index (Phi) is 7.36. The summed E-state index contributed by atoms with van der Waals surface area (Å²) in [5.74, 6) is 0.352. The zero-order valence-electron chi connectivity index (χ0n) is 18.7. The number of benzene rings is 2. The minimum Gasteiger partial charge on any atom is -0.478 e. The molecule has 2 aromatic carbocycles. The van der Waals surface area contributed by atoms with Gasteiger partial charge in [0, 0.05) is 5.47 Å². The lowest BCUT2D eigenvalue weighted by Crippen LogP contribution is -2.41. The monoisotopic (exact) mass is 419 g/mol. The predicted molar refractivity (Wildman–Crippen MR) is 124 cm³/mol. The van der Waals surface area contributed by atoms with Crippen LogP contribution < -0.4 is 0 Å². The molecule has 1 fully saturated rings. The summed E-state index contributed by atoms with van der Waals surface area (Å²) in [6, 6.07) is 19.8. The van der Waals surface area contributed by atoms with Crippen molar-refractivity contribution in [3.05, 3.63) is 95.8 Å². The molecular formula is C25H30BNO4. The Balaban J connectivity index is 1.80. The number of aliphatic imine (C=N–C) groups is 1. The van der Waals surface area contributed by atoms with E-state index >= 15 is 0 Å². The van der Waals surface area contributed by atoms with E-state index in [1.54, 1.807) is 6.08 Å². The molecule has 0 N–H and O–H groups in total. The second-order valence-corrected chi connectivity index (χ2v) is 8.36. The van der Waals surface area contributed by atoms with Crippen molar-refractivity contribution in [2.45, 2.75) is 52.1 Å². The zero-order valence-corrected chi connectivity index (χ0v) is 18.7. The maximum atomic E-state index is 6.18. The SMILES string of the molecule is C=C/C(B1OC(C)(C)C(C)(C)O1)=C(\N=COCc1ccccc1)OCc1ccccc1. The summed E-state index contributed by atoms with van der Waals surface area (Å²) in [6.07, 6.45) is 3.05. The lowest BCUT2D eigenvalue weighted by molar-refractivity contribution is 0.00578. The third-order valence-corrected chi connectivity index (χ3v) is 5.53. The molecule has 2 aromatic rings. The van der Waals surface area contributed by atoms with Crippen molar-refractivity contribution in [1.82, 2.24) is 0 Å². The van der Waals surface area contributed by atoms with Crippen molar-refractivity contribution in [1.29, 1.82) is 0 Å². The van der Waals surface area contributed by atoms with Crippen LogP contribution in [0.3, 0.4) is 0 Å². The Morgan fingerprint density at radius 2 is 1.42 bits per heavy atom. The molecule has 0 saturated carbocycles. The van der Waals surface area contributed by atoms with E-state index in [4.69, 9.17) is 18.8 Å². The van der Waals surface area contributed by atoms with Gasteiger partial charge in [0.2, 0.25) is 5.88 Å². The van der Waals surface area contributed by atoms with Crippen LogP contribution in [0.25, 0.3) is 0 Å². The average molecular weight is 419 g/mol. The molecule has 1 aliphatic heterocycles. The molecule has 0 spiro atoms. The van der Waals surface area contributed by atoms with E-state index in [2.05, 4.69) is 11.6 Å². The third kappa shape index (κ3) is 5.87. The van der Waals surface area contributed by atoms with Gasteiger partial charge in [-0.2, -0.15) is 4.99 Å². The number of allylic oxidation sites excluding steroid dienone is 2. The van der Waals surface area contributed by atoms with Gasteiger partial charge in [-0.25, -0.2) is 0 Å². The van der Waals surface area contributed by atoms with Crippen molar-refractivity contribution in [2.75, 3.05) is 0 Å². The van der Waals surface area contributed by atoms with E-state index in [1.165, 1.54) is 6.40 Å². The fraction of sp³-hybridized carbons (Fsp3) is 0.320. The Morgan fingerprint density at radius 1 is 0.903 bits per heavy atom. The van der Waals surface area contributed by atoms with Crippen LogP contribution in [0.5, 0.6) is 0 Å². The highest BCUT2D eigenvalue weighted by molar-refractivity contribution is 6.55. The normalized spacial score (nSPS) is 18.0. The molecule has 0 aromatic heterocycles. The minimum atomic E-state index is -0.639. The second-order valence-electron chi connectivity index (χ2n) is 8.36. The van der Waals surface area contributed by atoms with E-state index in [9.17, 15) is 0 Å². The number of ether oxygens (including phenoxy) is 2. The summed E-state index contributed by atoms with van der Waals surface area (Å²) >= 11 is 0. The maximum Gasteiger partial charge on any atom is 0.500 e. The quantitative estimate of drug-likeness (QED) is 0.178. The van der Waals surface area contributed by atoms with Crippen LogP contribution in [-0.2, 0) is 32.0 Å². The molecule has 0 unspecified atom stereocenters. The molecular weight excluding hydrogens is 389 g/mol. The lowest BCUT2D eigenvalue weighted by Gasteiger charge is -2.32. The summed E-state index contributed by atoms with van der Waals surface area (Å²) in [6.45, 7) is 12.7. The van der Waals surface area contributed by atoms with Crippen molar-refractivity contribution in [3.8, 4) is 0 Å². The van der Waals surface area contributed by atoms with Crippen molar-refractivity contribution < 1.29 is 18.8 Å². The van der Waals surface area contributed by atoms with Gasteiger partial charge in [-0.05, 0) is 38.8 Å². The summed E-state index contributed by atoms with van der Waals surface area (Å²) in [5.41, 5.74) is 1.74. The maximum absolute atomic E-state index is 6.18. The zero-order chi connectivity index (χ0) is 22.3. The summed E-state index contributed by atoms with van der Waals surface area (Å²) in [7, 11) is -0.639. The highest BCUT2D eigenvalue weighted by Crippen LogP contribution is 2.39. The molecule has 1 heterocycles. The molecule has 1 saturated heterocycles. The number of nitrogens with zero attached hydrogens (tertiary/aromatic N) is 1. The first-order chi connectivity index (χ1) is 14.8. The molecule has 0 atom stereocenters.